The Balaban J connectivity index is 0.00000324. The fraction of sp³-hybridized carbons (Fsp3) is 0.462. The lowest BCUT2D eigenvalue weighted by Crippen LogP contribution is -2.45. The van der Waals surface area contributed by atoms with Gasteiger partial charge in [0.1, 0.15) is 18.2 Å². The van der Waals surface area contributed by atoms with Gasteiger partial charge < -0.3 is 15.8 Å². The number of rotatable bonds is 4. The van der Waals surface area contributed by atoms with Crippen molar-refractivity contribution in [3.63, 3.8) is 0 Å². The van der Waals surface area contributed by atoms with E-state index in [9.17, 15) is 4.39 Å². The number of hydrogen-bond donors (Lipinski definition) is 2. The number of nitrogens with one attached hydrogen (secondary N) is 1. The minimum Gasteiger partial charge on any atom is -0.492 e. The highest BCUT2D eigenvalue weighted by atomic mass is 127. The van der Waals surface area contributed by atoms with Gasteiger partial charge in [0.2, 0.25) is 0 Å². The molecular weight excluding hydrogens is 360 g/mol. The van der Waals surface area contributed by atoms with Crippen molar-refractivity contribution in [2.45, 2.75) is 26.3 Å². The van der Waals surface area contributed by atoms with E-state index in [1.54, 1.807) is 12.1 Å². The molecule has 0 aliphatic rings. The number of nitrogens with two attached hydrogens (primary N) is 1. The smallest absolute Gasteiger partial charge is 0.189 e. The first kappa shape index (κ1) is 17.9. The summed E-state index contributed by atoms with van der Waals surface area (Å²) in [7, 11) is 0. The van der Waals surface area contributed by atoms with Crippen LogP contribution in [0.1, 0.15) is 20.8 Å². The standard InChI is InChI=1S/C13H20FN3O.HI/c1-13(2,3)17-12(15)16-7-8-18-11-6-4-5-10(14)9-11;/h4-6,9H,7-8H2,1-3H3,(H3,15,16,17);1H. The van der Waals surface area contributed by atoms with Crippen molar-refractivity contribution in [1.29, 1.82) is 0 Å². The number of guanidine groups is 1. The van der Waals surface area contributed by atoms with Crippen LogP contribution in [0.15, 0.2) is 29.3 Å². The molecule has 4 nitrogen and oxygen atoms in total. The average Bonchev–Trinajstić information content (AvgIpc) is 2.22. The molecule has 0 saturated heterocycles. The first-order valence-electron chi connectivity index (χ1n) is 5.83. The van der Waals surface area contributed by atoms with Crippen molar-refractivity contribution < 1.29 is 9.13 Å². The number of halogens is 2. The minimum atomic E-state index is -0.315. The average molecular weight is 381 g/mol. The largest absolute Gasteiger partial charge is 0.492 e. The summed E-state index contributed by atoms with van der Waals surface area (Å²) in [6.45, 7) is 6.78. The van der Waals surface area contributed by atoms with Gasteiger partial charge in [-0.15, -0.1) is 24.0 Å². The maximum absolute atomic E-state index is 12.9. The molecule has 19 heavy (non-hydrogen) atoms. The van der Waals surface area contributed by atoms with Gasteiger partial charge in [0.05, 0.1) is 6.54 Å². The van der Waals surface area contributed by atoms with Gasteiger partial charge in [-0.25, -0.2) is 9.38 Å². The van der Waals surface area contributed by atoms with Gasteiger partial charge >= 0.3 is 0 Å². The van der Waals surface area contributed by atoms with Crippen LogP contribution in [0.3, 0.4) is 0 Å². The van der Waals surface area contributed by atoms with E-state index in [0.717, 1.165) is 0 Å². The van der Waals surface area contributed by atoms with Gasteiger partial charge in [0, 0.05) is 11.6 Å². The quantitative estimate of drug-likeness (QED) is 0.365. The molecule has 1 aromatic rings. The maximum atomic E-state index is 12.9. The molecule has 108 valence electrons. The van der Waals surface area contributed by atoms with E-state index < -0.39 is 0 Å². The molecule has 0 unspecified atom stereocenters. The van der Waals surface area contributed by atoms with Crippen molar-refractivity contribution in [2.75, 3.05) is 13.2 Å². The van der Waals surface area contributed by atoms with Crippen molar-refractivity contribution in [2.24, 2.45) is 10.7 Å². The van der Waals surface area contributed by atoms with Crippen LogP contribution < -0.4 is 15.8 Å². The summed E-state index contributed by atoms with van der Waals surface area (Å²) < 4.78 is 18.2. The normalized spacial score (nSPS) is 11.7. The lowest BCUT2D eigenvalue weighted by atomic mass is 10.1. The van der Waals surface area contributed by atoms with Crippen molar-refractivity contribution >= 4 is 29.9 Å². The molecule has 0 aromatic heterocycles. The third-order valence-corrected chi connectivity index (χ3v) is 1.94. The van der Waals surface area contributed by atoms with Crippen molar-refractivity contribution in [1.82, 2.24) is 5.32 Å². The fourth-order valence-corrected chi connectivity index (χ4v) is 1.31. The molecular formula is C13H21FIN3O. The van der Waals surface area contributed by atoms with Crippen LogP contribution >= 0.6 is 24.0 Å². The highest BCUT2D eigenvalue weighted by molar-refractivity contribution is 14.0. The summed E-state index contributed by atoms with van der Waals surface area (Å²) in [5.41, 5.74) is 5.57. The molecule has 0 radical (unpaired) electrons. The molecule has 0 spiro atoms. The SMILES string of the molecule is CC(C)(C)NC(N)=NCCOc1cccc(F)c1.I. The first-order valence-corrected chi connectivity index (χ1v) is 5.83. The molecule has 0 aliphatic heterocycles. The highest BCUT2D eigenvalue weighted by Gasteiger charge is 2.09. The summed E-state index contributed by atoms with van der Waals surface area (Å²) in [4.78, 5) is 4.11. The molecule has 1 aromatic carbocycles. The second-order valence-electron chi connectivity index (χ2n) is 4.95. The Morgan fingerprint density at radius 3 is 2.68 bits per heavy atom. The monoisotopic (exact) mass is 381 g/mol. The van der Waals surface area contributed by atoms with E-state index in [4.69, 9.17) is 10.5 Å². The highest BCUT2D eigenvalue weighted by Crippen LogP contribution is 2.11. The zero-order valence-corrected chi connectivity index (χ0v) is 13.8. The molecule has 0 amide bonds. The Labute approximate surface area is 130 Å². The number of aliphatic imine (C=N–C) groups is 1. The summed E-state index contributed by atoms with van der Waals surface area (Å²) in [6.07, 6.45) is 0. The summed E-state index contributed by atoms with van der Waals surface area (Å²) in [6, 6.07) is 6.00. The van der Waals surface area contributed by atoms with E-state index in [0.29, 0.717) is 24.9 Å². The van der Waals surface area contributed by atoms with E-state index >= 15 is 0 Å². The zero-order chi connectivity index (χ0) is 13.6. The Bertz CT molecular complexity index is 419. The first-order chi connectivity index (χ1) is 8.37. The van der Waals surface area contributed by atoms with Gasteiger partial charge in [-0.1, -0.05) is 6.07 Å². The molecule has 1 rings (SSSR count). The fourth-order valence-electron chi connectivity index (χ4n) is 1.31. The number of ether oxygens (including phenoxy) is 1. The third-order valence-electron chi connectivity index (χ3n) is 1.94. The molecule has 0 fully saturated rings. The molecule has 6 heteroatoms. The molecule has 0 saturated carbocycles. The summed E-state index contributed by atoms with van der Waals surface area (Å²) in [5.74, 6) is 0.558. The predicted octanol–water partition coefficient (Wildman–Crippen LogP) is 2.53. The molecule has 0 aliphatic carbocycles. The maximum Gasteiger partial charge on any atom is 0.189 e. The van der Waals surface area contributed by atoms with Crippen LogP contribution in [0.25, 0.3) is 0 Å². The second kappa shape index (κ2) is 8.19. The van der Waals surface area contributed by atoms with Crippen LogP contribution in [-0.2, 0) is 0 Å². The van der Waals surface area contributed by atoms with Gasteiger partial charge in [0.25, 0.3) is 0 Å². The molecule has 3 N–H and O–H groups in total. The topological polar surface area (TPSA) is 59.6 Å². The van der Waals surface area contributed by atoms with Gasteiger partial charge in [-0.2, -0.15) is 0 Å². The van der Waals surface area contributed by atoms with E-state index in [2.05, 4.69) is 10.3 Å². The number of benzene rings is 1. The lowest BCUT2D eigenvalue weighted by molar-refractivity contribution is 0.326. The van der Waals surface area contributed by atoms with Gasteiger partial charge in [0.15, 0.2) is 5.96 Å². The zero-order valence-electron chi connectivity index (χ0n) is 11.4. The third kappa shape index (κ3) is 8.63. The number of nitrogens with zero attached hydrogens (tertiary/aromatic N) is 1. The van der Waals surface area contributed by atoms with E-state index in [1.165, 1.54) is 12.1 Å². The van der Waals surface area contributed by atoms with Gasteiger partial charge in [-0.05, 0) is 32.9 Å². The Kier molecular flexibility index (Phi) is 7.73. The Morgan fingerprint density at radius 1 is 1.42 bits per heavy atom. The Hall–Kier alpha value is -1.05. The van der Waals surface area contributed by atoms with Crippen LogP contribution in [0.5, 0.6) is 5.75 Å². The number of hydrogen-bond acceptors (Lipinski definition) is 2. The Morgan fingerprint density at radius 2 is 2.11 bits per heavy atom. The predicted molar refractivity (Wildman–Crippen MR) is 86.7 cm³/mol. The molecule has 0 bridgehead atoms. The minimum absolute atomic E-state index is 0. The van der Waals surface area contributed by atoms with Gasteiger partial charge in [-0.3, -0.25) is 0 Å². The van der Waals surface area contributed by atoms with Crippen LogP contribution in [0.2, 0.25) is 0 Å². The summed E-state index contributed by atoms with van der Waals surface area (Å²) in [5, 5.41) is 3.04. The van der Waals surface area contributed by atoms with Crippen molar-refractivity contribution in [3.05, 3.63) is 30.1 Å². The van der Waals surface area contributed by atoms with Crippen LogP contribution in [0, 0.1) is 5.82 Å². The second-order valence-corrected chi connectivity index (χ2v) is 4.95. The van der Waals surface area contributed by atoms with Crippen LogP contribution in [0.4, 0.5) is 4.39 Å². The molecule has 0 heterocycles. The molecule has 0 atom stereocenters. The van der Waals surface area contributed by atoms with Crippen LogP contribution in [-0.4, -0.2) is 24.7 Å². The van der Waals surface area contributed by atoms with E-state index in [1.807, 2.05) is 20.8 Å². The summed E-state index contributed by atoms with van der Waals surface area (Å²) >= 11 is 0. The van der Waals surface area contributed by atoms with E-state index in [-0.39, 0.29) is 35.3 Å². The van der Waals surface area contributed by atoms with Crippen molar-refractivity contribution in [3.8, 4) is 5.75 Å². The lowest BCUT2D eigenvalue weighted by Gasteiger charge is -2.20.